The lowest BCUT2D eigenvalue weighted by Gasteiger charge is -2.20. The maximum Gasteiger partial charge on any atom is 0.227 e. The van der Waals surface area contributed by atoms with Gasteiger partial charge in [0.2, 0.25) is 5.95 Å². The molecule has 0 radical (unpaired) electrons. The van der Waals surface area contributed by atoms with Gasteiger partial charge in [-0.2, -0.15) is 0 Å². The Balaban J connectivity index is 1.68. The number of halogens is 1. The van der Waals surface area contributed by atoms with Crippen molar-refractivity contribution in [1.29, 1.82) is 0 Å². The molecule has 3 rings (SSSR count). The van der Waals surface area contributed by atoms with Gasteiger partial charge in [0.15, 0.2) is 0 Å². The fourth-order valence-corrected chi connectivity index (χ4v) is 2.92. The van der Waals surface area contributed by atoms with E-state index in [1.165, 1.54) is 12.1 Å². The van der Waals surface area contributed by atoms with E-state index >= 15 is 0 Å². The second-order valence-corrected chi connectivity index (χ2v) is 6.48. The topological polar surface area (TPSA) is 43.2 Å². The van der Waals surface area contributed by atoms with Crippen molar-refractivity contribution in [1.82, 2.24) is 14.8 Å². The average Bonchev–Trinajstić information content (AvgIpc) is 3.07. The summed E-state index contributed by atoms with van der Waals surface area (Å²) in [6.45, 7) is 8.87. The predicted molar refractivity (Wildman–Crippen MR) is 87.2 cm³/mol. The molecule has 1 saturated heterocycles. The lowest BCUT2D eigenvalue weighted by Crippen LogP contribution is -2.27. The van der Waals surface area contributed by atoms with Crippen LogP contribution in [0.3, 0.4) is 0 Å². The summed E-state index contributed by atoms with van der Waals surface area (Å²) in [7, 11) is 0. The summed E-state index contributed by atoms with van der Waals surface area (Å²) in [5.41, 5.74) is 0. The Hall–Kier alpha value is -2.11. The Kier molecular flexibility index (Phi) is 4.50. The maximum atomic E-state index is 13.2. The molecule has 1 aliphatic heterocycles. The molecule has 0 N–H and O–H groups in total. The molecule has 1 unspecified atom stereocenters. The molecular weight excluding hydrogens is 295 g/mol. The van der Waals surface area contributed by atoms with Crippen molar-refractivity contribution < 1.29 is 9.13 Å². The molecule has 1 atom stereocenters. The van der Waals surface area contributed by atoms with Gasteiger partial charge in [-0.1, -0.05) is 19.9 Å². The zero-order valence-corrected chi connectivity index (χ0v) is 13.9. The SMILES string of the molecule is Cc1nnc(N2CCC(Oc3cccc(F)c3)C2)n1CC(C)C. The molecule has 23 heavy (non-hydrogen) atoms. The van der Waals surface area contributed by atoms with E-state index in [4.69, 9.17) is 4.74 Å². The van der Waals surface area contributed by atoms with Gasteiger partial charge >= 0.3 is 0 Å². The van der Waals surface area contributed by atoms with E-state index in [1.54, 1.807) is 12.1 Å². The number of nitrogens with zero attached hydrogens (tertiary/aromatic N) is 4. The molecule has 0 saturated carbocycles. The summed E-state index contributed by atoms with van der Waals surface area (Å²) in [6.07, 6.45) is 0.936. The predicted octanol–water partition coefficient (Wildman–Crippen LogP) is 3.04. The number of aromatic nitrogens is 3. The third-order valence-corrected chi connectivity index (χ3v) is 3.99. The van der Waals surface area contributed by atoms with Gasteiger partial charge in [0.1, 0.15) is 23.5 Å². The summed E-state index contributed by atoms with van der Waals surface area (Å²) < 4.78 is 21.3. The Bertz CT molecular complexity index is 670. The lowest BCUT2D eigenvalue weighted by molar-refractivity contribution is 0.224. The highest BCUT2D eigenvalue weighted by atomic mass is 19.1. The van der Waals surface area contributed by atoms with Gasteiger partial charge < -0.3 is 9.64 Å². The van der Waals surface area contributed by atoms with E-state index in [-0.39, 0.29) is 11.9 Å². The molecule has 1 aromatic heterocycles. The Morgan fingerprint density at radius 3 is 2.91 bits per heavy atom. The van der Waals surface area contributed by atoms with Gasteiger partial charge in [-0.25, -0.2) is 4.39 Å². The number of hydrogen-bond donors (Lipinski definition) is 0. The van der Waals surface area contributed by atoms with Crippen molar-refractivity contribution in [3.8, 4) is 5.75 Å². The number of ether oxygens (including phenoxy) is 1. The molecular formula is C17H23FN4O. The van der Waals surface area contributed by atoms with Gasteiger partial charge in [0.25, 0.3) is 0 Å². The number of anilines is 1. The minimum atomic E-state index is -0.273. The summed E-state index contributed by atoms with van der Waals surface area (Å²) in [4.78, 5) is 2.20. The molecule has 1 fully saturated rings. The van der Waals surface area contributed by atoms with Crippen molar-refractivity contribution in [2.45, 2.75) is 39.8 Å². The van der Waals surface area contributed by atoms with Crippen LogP contribution in [-0.2, 0) is 6.54 Å². The van der Waals surface area contributed by atoms with Crippen LogP contribution in [0.1, 0.15) is 26.1 Å². The molecule has 0 bridgehead atoms. The first-order valence-electron chi connectivity index (χ1n) is 8.10. The normalized spacial score (nSPS) is 18.0. The fraction of sp³-hybridized carbons (Fsp3) is 0.529. The Morgan fingerprint density at radius 1 is 1.35 bits per heavy atom. The second-order valence-electron chi connectivity index (χ2n) is 6.48. The van der Waals surface area contributed by atoms with Gasteiger partial charge in [-0.3, -0.25) is 4.57 Å². The van der Waals surface area contributed by atoms with Crippen LogP contribution < -0.4 is 9.64 Å². The summed E-state index contributed by atoms with van der Waals surface area (Å²) >= 11 is 0. The first-order valence-corrected chi connectivity index (χ1v) is 8.10. The van der Waals surface area contributed by atoms with E-state index in [1.807, 2.05) is 6.92 Å². The summed E-state index contributed by atoms with van der Waals surface area (Å²) in [6, 6.07) is 6.30. The van der Waals surface area contributed by atoms with Crippen LogP contribution in [0.15, 0.2) is 24.3 Å². The van der Waals surface area contributed by atoms with E-state index in [0.29, 0.717) is 11.7 Å². The first-order chi connectivity index (χ1) is 11.0. The molecule has 2 heterocycles. The molecule has 0 aliphatic carbocycles. The van der Waals surface area contributed by atoms with Gasteiger partial charge in [0.05, 0.1) is 6.54 Å². The highest BCUT2D eigenvalue weighted by Gasteiger charge is 2.28. The summed E-state index contributed by atoms with van der Waals surface area (Å²) in [5.74, 6) is 2.68. The maximum absolute atomic E-state index is 13.2. The average molecular weight is 318 g/mol. The van der Waals surface area contributed by atoms with Gasteiger partial charge in [-0.15, -0.1) is 10.2 Å². The minimum absolute atomic E-state index is 0.0429. The zero-order chi connectivity index (χ0) is 16.4. The number of hydrogen-bond acceptors (Lipinski definition) is 4. The number of aryl methyl sites for hydroxylation is 1. The second kappa shape index (κ2) is 6.56. The standard InChI is InChI=1S/C17H23FN4O/c1-12(2)10-22-13(3)19-20-17(22)21-8-7-16(11-21)23-15-6-4-5-14(18)9-15/h4-6,9,12,16H,7-8,10-11H2,1-3H3. The van der Waals surface area contributed by atoms with Crippen LogP contribution in [0, 0.1) is 18.7 Å². The van der Waals surface area contributed by atoms with E-state index in [0.717, 1.165) is 37.8 Å². The Morgan fingerprint density at radius 2 is 2.17 bits per heavy atom. The van der Waals surface area contributed by atoms with E-state index < -0.39 is 0 Å². The van der Waals surface area contributed by atoms with Crippen molar-refractivity contribution in [2.75, 3.05) is 18.0 Å². The Labute approximate surface area is 136 Å². The highest BCUT2D eigenvalue weighted by Crippen LogP contribution is 2.24. The molecule has 2 aromatic rings. The highest BCUT2D eigenvalue weighted by molar-refractivity contribution is 5.34. The van der Waals surface area contributed by atoms with Crippen LogP contribution >= 0.6 is 0 Å². The van der Waals surface area contributed by atoms with Crippen molar-refractivity contribution in [3.05, 3.63) is 35.9 Å². The van der Waals surface area contributed by atoms with Gasteiger partial charge in [-0.05, 0) is 25.0 Å². The first kappa shape index (κ1) is 15.8. The molecule has 124 valence electrons. The minimum Gasteiger partial charge on any atom is -0.488 e. The number of benzene rings is 1. The fourth-order valence-electron chi connectivity index (χ4n) is 2.92. The molecule has 1 aromatic carbocycles. The van der Waals surface area contributed by atoms with Crippen molar-refractivity contribution in [3.63, 3.8) is 0 Å². The van der Waals surface area contributed by atoms with Gasteiger partial charge in [0, 0.05) is 25.6 Å². The monoisotopic (exact) mass is 318 g/mol. The molecule has 6 heteroatoms. The third-order valence-electron chi connectivity index (χ3n) is 3.99. The van der Waals surface area contributed by atoms with E-state index in [9.17, 15) is 4.39 Å². The van der Waals surface area contributed by atoms with Crippen LogP contribution in [0.25, 0.3) is 0 Å². The number of rotatable bonds is 5. The third kappa shape index (κ3) is 3.63. The largest absolute Gasteiger partial charge is 0.488 e. The quantitative estimate of drug-likeness (QED) is 0.850. The van der Waals surface area contributed by atoms with Crippen LogP contribution in [0.5, 0.6) is 5.75 Å². The van der Waals surface area contributed by atoms with Crippen molar-refractivity contribution in [2.24, 2.45) is 5.92 Å². The van der Waals surface area contributed by atoms with Crippen LogP contribution in [0.4, 0.5) is 10.3 Å². The summed E-state index contributed by atoms with van der Waals surface area (Å²) in [5, 5.41) is 8.55. The van der Waals surface area contributed by atoms with E-state index in [2.05, 4.69) is 33.5 Å². The molecule has 0 amide bonds. The smallest absolute Gasteiger partial charge is 0.227 e. The zero-order valence-electron chi connectivity index (χ0n) is 13.9. The van der Waals surface area contributed by atoms with Crippen LogP contribution in [-0.4, -0.2) is 34.0 Å². The molecule has 1 aliphatic rings. The molecule has 5 nitrogen and oxygen atoms in total. The molecule has 0 spiro atoms. The van der Waals surface area contributed by atoms with Crippen LogP contribution in [0.2, 0.25) is 0 Å². The van der Waals surface area contributed by atoms with Crippen molar-refractivity contribution >= 4 is 5.95 Å². The lowest BCUT2D eigenvalue weighted by atomic mass is 10.2.